The maximum absolute atomic E-state index is 12.4. The minimum absolute atomic E-state index is 0.237. The Morgan fingerprint density at radius 3 is 2.36 bits per heavy atom. The van der Waals surface area contributed by atoms with Gasteiger partial charge in [0.1, 0.15) is 5.75 Å². The molecule has 0 aliphatic heterocycles. The van der Waals surface area contributed by atoms with Crippen molar-refractivity contribution in [3.8, 4) is 5.69 Å². The lowest BCUT2D eigenvalue weighted by molar-refractivity contribution is 0.592. The van der Waals surface area contributed by atoms with Crippen molar-refractivity contribution in [3.63, 3.8) is 0 Å². The molecule has 1 heterocycles. The van der Waals surface area contributed by atoms with Gasteiger partial charge in [-0.1, -0.05) is 29.8 Å². The zero-order valence-corrected chi connectivity index (χ0v) is 12.9. The molecule has 0 unspecified atom stereocenters. The van der Waals surface area contributed by atoms with E-state index in [9.17, 15) is 8.42 Å². The van der Waals surface area contributed by atoms with Crippen LogP contribution in [0, 0.1) is 0 Å². The van der Waals surface area contributed by atoms with Crippen molar-refractivity contribution >= 4 is 21.4 Å². The van der Waals surface area contributed by atoms with Crippen molar-refractivity contribution in [2.24, 2.45) is 0 Å². The van der Waals surface area contributed by atoms with Gasteiger partial charge in [0.15, 0.2) is 15.7 Å². The summed E-state index contributed by atoms with van der Waals surface area (Å²) in [6.07, 6.45) is 0. The topological polar surface area (TPSA) is 77.7 Å². The predicted octanol–water partition coefficient (Wildman–Crippen LogP) is 2.29. The Hall–Kier alpha value is -2.25. The Balaban J connectivity index is 1.95. The first-order valence-corrected chi connectivity index (χ1v) is 8.40. The first-order valence-electron chi connectivity index (χ1n) is 6.37. The van der Waals surface area contributed by atoms with E-state index in [0.717, 1.165) is 0 Å². The van der Waals surface area contributed by atoms with E-state index in [1.165, 1.54) is 4.68 Å². The second-order valence-corrected chi connectivity index (χ2v) is 6.98. The number of halogens is 1. The van der Waals surface area contributed by atoms with Crippen molar-refractivity contribution in [1.29, 1.82) is 0 Å². The molecule has 3 aromatic rings. The van der Waals surface area contributed by atoms with E-state index in [1.54, 1.807) is 54.6 Å². The van der Waals surface area contributed by atoms with Crippen LogP contribution in [0.4, 0.5) is 0 Å². The lowest BCUT2D eigenvalue weighted by Crippen LogP contribution is -2.11. The predicted molar refractivity (Wildman–Crippen MR) is 81.5 cm³/mol. The van der Waals surface area contributed by atoms with E-state index in [0.29, 0.717) is 10.7 Å². The van der Waals surface area contributed by atoms with Gasteiger partial charge in [-0.2, -0.15) is 4.68 Å². The maximum Gasteiger partial charge on any atom is 0.185 e. The molecule has 6 nitrogen and oxygen atoms in total. The minimum atomic E-state index is -3.51. The molecule has 0 aliphatic rings. The molecule has 3 rings (SSSR count). The van der Waals surface area contributed by atoms with Gasteiger partial charge < -0.3 is 0 Å². The molecule has 0 spiro atoms. The molecule has 0 saturated carbocycles. The lowest BCUT2D eigenvalue weighted by atomic mass is 10.3. The smallest absolute Gasteiger partial charge is 0.185 e. The normalized spacial score (nSPS) is 11.5. The van der Waals surface area contributed by atoms with Crippen molar-refractivity contribution in [1.82, 2.24) is 20.2 Å². The van der Waals surface area contributed by atoms with Crippen LogP contribution in [0.1, 0.15) is 5.82 Å². The van der Waals surface area contributed by atoms with Crippen LogP contribution in [0.25, 0.3) is 5.69 Å². The van der Waals surface area contributed by atoms with Crippen molar-refractivity contribution in [2.75, 3.05) is 0 Å². The summed E-state index contributed by atoms with van der Waals surface area (Å²) in [6.45, 7) is 0. The number of aromatic nitrogens is 4. The Labute approximate surface area is 132 Å². The van der Waals surface area contributed by atoms with Gasteiger partial charge in [0.25, 0.3) is 0 Å². The van der Waals surface area contributed by atoms with Gasteiger partial charge >= 0.3 is 0 Å². The van der Waals surface area contributed by atoms with Crippen molar-refractivity contribution in [3.05, 3.63) is 65.4 Å². The molecule has 0 saturated heterocycles. The molecule has 22 heavy (non-hydrogen) atoms. The Morgan fingerprint density at radius 2 is 1.68 bits per heavy atom. The number of hydrogen-bond acceptors (Lipinski definition) is 5. The van der Waals surface area contributed by atoms with E-state index < -0.39 is 9.84 Å². The highest BCUT2D eigenvalue weighted by molar-refractivity contribution is 7.90. The highest BCUT2D eigenvalue weighted by Crippen LogP contribution is 2.17. The summed E-state index contributed by atoms with van der Waals surface area (Å²) in [7, 11) is -3.51. The zero-order valence-electron chi connectivity index (χ0n) is 11.3. The summed E-state index contributed by atoms with van der Waals surface area (Å²) in [5.74, 6) is -0.0433. The van der Waals surface area contributed by atoms with Crippen molar-refractivity contribution in [2.45, 2.75) is 10.6 Å². The van der Waals surface area contributed by atoms with Crippen LogP contribution in [0.2, 0.25) is 5.02 Å². The summed E-state index contributed by atoms with van der Waals surface area (Å²) in [6, 6.07) is 15.0. The van der Waals surface area contributed by atoms with E-state index in [2.05, 4.69) is 15.5 Å². The van der Waals surface area contributed by atoms with Gasteiger partial charge in [-0.05, 0) is 46.8 Å². The van der Waals surface area contributed by atoms with Gasteiger partial charge in [-0.25, -0.2) is 8.42 Å². The second kappa shape index (κ2) is 5.86. The second-order valence-electron chi connectivity index (χ2n) is 4.56. The SMILES string of the molecule is O=S(=O)(Cc1nnnn1-c1ccc(Cl)cc1)c1ccccc1. The zero-order chi connectivity index (χ0) is 15.6. The van der Waals surface area contributed by atoms with Gasteiger partial charge in [0.05, 0.1) is 10.6 Å². The molecule has 0 N–H and O–H groups in total. The van der Waals surface area contributed by atoms with Gasteiger partial charge in [-0.15, -0.1) is 5.10 Å². The quantitative estimate of drug-likeness (QED) is 0.731. The van der Waals surface area contributed by atoms with Crippen LogP contribution >= 0.6 is 11.6 Å². The Bertz CT molecular complexity index is 877. The number of hydrogen-bond donors (Lipinski definition) is 0. The van der Waals surface area contributed by atoms with Gasteiger partial charge in [-0.3, -0.25) is 0 Å². The summed E-state index contributed by atoms with van der Waals surface area (Å²) < 4.78 is 26.2. The number of tetrazole rings is 1. The van der Waals surface area contributed by atoms with Crippen LogP contribution < -0.4 is 0 Å². The monoisotopic (exact) mass is 334 g/mol. The third-order valence-electron chi connectivity index (χ3n) is 3.03. The average molecular weight is 335 g/mol. The number of rotatable bonds is 4. The molecule has 0 bridgehead atoms. The molecular formula is C14H11ClN4O2S. The highest BCUT2D eigenvalue weighted by Gasteiger charge is 2.20. The molecule has 1 aromatic heterocycles. The third-order valence-corrected chi connectivity index (χ3v) is 4.91. The molecule has 0 fully saturated rings. The average Bonchev–Trinajstić information content (AvgIpc) is 2.96. The lowest BCUT2D eigenvalue weighted by Gasteiger charge is -2.06. The first kappa shape index (κ1) is 14.7. The van der Waals surface area contributed by atoms with E-state index in [1.807, 2.05) is 0 Å². The van der Waals surface area contributed by atoms with Crippen LogP contribution in [0.15, 0.2) is 59.5 Å². The fraction of sp³-hybridized carbons (Fsp3) is 0.0714. The van der Waals surface area contributed by atoms with Gasteiger partial charge in [0, 0.05) is 5.02 Å². The fourth-order valence-corrected chi connectivity index (χ4v) is 3.34. The van der Waals surface area contributed by atoms with E-state index in [4.69, 9.17) is 11.6 Å². The molecule has 0 radical (unpaired) electrons. The van der Waals surface area contributed by atoms with Crippen LogP contribution in [-0.4, -0.2) is 28.6 Å². The summed E-state index contributed by atoms with van der Waals surface area (Å²) in [4.78, 5) is 0.237. The number of sulfone groups is 1. The fourth-order valence-electron chi connectivity index (χ4n) is 1.96. The van der Waals surface area contributed by atoms with Crippen molar-refractivity contribution < 1.29 is 8.42 Å². The Kier molecular flexibility index (Phi) is 3.91. The minimum Gasteiger partial charge on any atom is -0.223 e. The van der Waals surface area contributed by atoms with Crippen LogP contribution in [-0.2, 0) is 15.6 Å². The molecular weight excluding hydrogens is 324 g/mol. The first-order chi connectivity index (χ1) is 10.6. The number of nitrogens with zero attached hydrogens (tertiary/aromatic N) is 4. The maximum atomic E-state index is 12.4. The largest absolute Gasteiger partial charge is 0.223 e. The molecule has 2 aromatic carbocycles. The molecule has 8 heteroatoms. The molecule has 0 atom stereocenters. The summed E-state index contributed by atoms with van der Waals surface area (Å²) in [5.41, 5.74) is 0.646. The van der Waals surface area contributed by atoms with Crippen LogP contribution in [0.3, 0.4) is 0 Å². The standard InChI is InChI=1S/C14H11ClN4O2S/c15-11-6-8-12(9-7-11)19-14(16-17-18-19)10-22(20,21)13-4-2-1-3-5-13/h1-9H,10H2. The van der Waals surface area contributed by atoms with Crippen LogP contribution in [0.5, 0.6) is 0 Å². The molecule has 0 amide bonds. The van der Waals surface area contributed by atoms with Gasteiger partial charge in [0.2, 0.25) is 0 Å². The highest BCUT2D eigenvalue weighted by atomic mass is 35.5. The third kappa shape index (κ3) is 3.00. The summed E-state index contributed by atoms with van der Waals surface area (Å²) >= 11 is 5.84. The summed E-state index contributed by atoms with van der Waals surface area (Å²) in [5, 5.41) is 11.8. The Morgan fingerprint density at radius 1 is 1.00 bits per heavy atom. The number of benzene rings is 2. The molecule has 0 aliphatic carbocycles. The van der Waals surface area contributed by atoms with E-state index in [-0.39, 0.29) is 16.5 Å². The molecule has 112 valence electrons. The van der Waals surface area contributed by atoms with E-state index >= 15 is 0 Å².